The van der Waals surface area contributed by atoms with E-state index in [2.05, 4.69) is 21.9 Å². The summed E-state index contributed by atoms with van der Waals surface area (Å²) < 4.78 is 0. The Labute approximate surface area is 81.8 Å². The van der Waals surface area contributed by atoms with E-state index in [1.807, 2.05) is 6.92 Å². The zero-order valence-electron chi connectivity index (χ0n) is 7.73. The summed E-state index contributed by atoms with van der Waals surface area (Å²) in [6, 6.07) is 5.17. The Bertz CT molecular complexity index is 436. The van der Waals surface area contributed by atoms with E-state index in [9.17, 15) is 5.11 Å². The van der Waals surface area contributed by atoms with Crippen LogP contribution >= 0.6 is 0 Å². The molecule has 0 amide bonds. The molecular weight excluding hydrogens is 178 g/mol. The molecule has 0 aliphatic rings. The number of phenolic OH excluding ortho intramolecular Hbond substituents is 1. The van der Waals surface area contributed by atoms with E-state index in [0.29, 0.717) is 5.56 Å². The van der Waals surface area contributed by atoms with Crippen molar-refractivity contribution < 1.29 is 5.11 Å². The van der Waals surface area contributed by atoms with Crippen molar-refractivity contribution in [1.29, 1.82) is 0 Å². The highest BCUT2D eigenvalue weighted by Crippen LogP contribution is 2.16. The van der Waals surface area contributed by atoms with Crippen LogP contribution in [0.15, 0.2) is 23.3 Å². The number of benzene rings is 1. The second-order valence-electron chi connectivity index (χ2n) is 2.71. The number of hydrogen-bond donors (Lipinski definition) is 1. The topological polar surface area (TPSA) is 69.0 Å². The van der Waals surface area contributed by atoms with E-state index < -0.39 is 0 Å². The molecule has 1 aromatic carbocycles. The maximum atomic E-state index is 9.39. The summed E-state index contributed by atoms with van der Waals surface area (Å²) in [6.07, 6.45) is 0. The second kappa shape index (κ2) is 4.80. The molecule has 1 aromatic rings. The van der Waals surface area contributed by atoms with Crippen molar-refractivity contribution in [2.75, 3.05) is 6.54 Å². The normalized spacial score (nSPS) is 8.36. The van der Waals surface area contributed by atoms with Crippen LogP contribution in [0.1, 0.15) is 11.1 Å². The first-order valence-corrected chi connectivity index (χ1v) is 4.03. The molecule has 1 N–H and O–H groups in total. The van der Waals surface area contributed by atoms with Crippen LogP contribution in [0.2, 0.25) is 0 Å². The summed E-state index contributed by atoms with van der Waals surface area (Å²) >= 11 is 0. The third kappa shape index (κ3) is 2.74. The number of rotatable bonds is 1. The molecule has 0 aromatic heterocycles. The van der Waals surface area contributed by atoms with Gasteiger partial charge in [-0.05, 0) is 30.2 Å². The molecule has 1 rings (SSSR count). The number of aryl methyl sites for hydroxylation is 1. The maximum absolute atomic E-state index is 9.39. The Morgan fingerprint density at radius 2 is 2.36 bits per heavy atom. The van der Waals surface area contributed by atoms with Crippen LogP contribution in [0.25, 0.3) is 10.4 Å². The summed E-state index contributed by atoms with van der Waals surface area (Å²) in [5.74, 6) is 5.51. The van der Waals surface area contributed by atoms with Gasteiger partial charge in [-0.2, -0.15) is 0 Å². The summed E-state index contributed by atoms with van der Waals surface area (Å²) in [6.45, 7) is 2.03. The van der Waals surface area contributed by atoms with Crippen LogP contribution in [0.3, 0.4) is 0 Å². The van der Waals surface area contributed by atoms with E-state index in [4.69, 9.17) is 5.53 Å². The van der Waals surface area contributed by atoms with Gasteiger partial charge in [-0.15, -0.1) is 0 Å². The predicted octanol–water partition coefficient (Wildman–Crippen LogP) is 2.36. The minimum absolute atomic E-state index is 0.115. The Morgan fingerprint density at radius 3 is 3.07 bits per heavy atom. The van der Waals surface area contributed by atoms with Gasteiger partial charge in [0.15, 0.2) is 0 Å². The molecule has 0 heterocycles. The average Bonchev–Trinajstić information content (AvgIpc) is 2.18. The van der Waals surface area contributed by atoms with Crippen LogP contribution < -0.4 is 0 Å². The second-order valence-corrected chi connectivity index (χ2v) is 2.71. The summed E-state index contributed by atoms with van der Waals surface area (Å²) in [7, 11) is 0. The lowest BCUT2D eigenvalue weighted by atomic mass is 10.1. The Hall–Kier alpha value is -2.11. The zero-order chi connectivity index (χ0) is 10.4. The molecule has 0 saturated carbocycles. The van der Waals surface area contributed by atoms with Gasteiger partial charge in [-0.25, -0.2) is 0 Å². The average molecular weight is 187 g/mol. The van der Waals surface area contributed by atoms with Crippen molar-refractivity contribution in [2.45, 2.75) is 6.92 Å². The van der Waals surface area contributed by atoms with Crippen LogP contribution in [-0.4, -0.2) is 11.7 Å². The highest BCUT2D eigenvalue weighted by atomic mass is 16.3. The molecule has 0 bridgehead atoms. The van der Waals surface area contributed by atoms with Crippen LogP contribution in [0.4, 0.5) is 0 Å². The number of nitrogens with zero attached hydrogens (tertiary/aromatic N) is 3. The standard InChI is InChI=1S/C10H9N3O/c1-8-4-5-10(14)9(7-8)3-2-6-12-13-11/h4-5,7,14H,6H2,1H3. The fourth-order valence-electron chi connectivity index (χ4n) is 0.952. The van der Waals surface area contributed by atoms with Gasteiger partial charge in [0.2, 0.25) is 0 Å². The van der Waals surface area contributed by atoms with Gasteiger partial charge >= 0.3 is 0 Å². The first-order valence-electron chi connectivity index (χ1n) is 4.03. The van der Waals surface area contributed by atoms with Gasteiger partial charge < -0.3 is 5.11 Å². The maximum Gasteiger partial charge on any atom is 0.131 e. The molecule has 0 spiro atoms. The van der Waals surface area contributed by atoms with Crippen molar-refractivity contribution in [3.63, 3.8) is 0 Å². The fourth-order valence-corrected chi connectivity index (χ4v) is 0.952. The molecule has 0 aliphatic heterocycles. The molecule has 0 atom stereocenters. The molecule has 0 aliphatic carbocycles. The van der Waals surface area contributed by atoms with Gasteiger partial charge in [0.05, 0.1) is 12.1 Å². The summed E-state index contributed by atoms with van der Waals surface area (Å²) in [4.78, 5) is 2.57. The zero-order valence-corrected chi connectivity index (χ0v) is 7.73. The highest BCUT2D eigenvalue weighted by molar-refractivity contribution is 5.47. The highest BCUT2D eigenvalue weighted by Gasteiger charge is 1.95. The minimum Gasteiger partial charge on any atom is -0.507 e. The van der Waals surface area contributed by atoms with Crippen molar-refractivity contribution in [2.24, 2.45) is 5.11 Å². The first-order chi connectivity index (χ1) is 6.74. The van der Waals surface area contributed by atoms with Crippen LogP contribution in [0, 0.1) is 18.8 Å². The molecule has 0 saturated heterocycles. The van der Waals surface area contributed by atoms with Crippen molar-refractivity contribution >= 4 is 0 Å². The fraction of sp³-hybridized carbons (Fsp3) is 0.200. The van der Waals surface area contributed by atoms with Crippen LogP contribution in [-0.2, 0) is 0 Å². The molecular formula is C10H9N3O. The van der Waals surface area contributed by atoms with E-state index in [1.54, 1.807) is 18.2 Å². The molecule has 0 fully saturated rings. The van der Waals surface area contributed by atoms with Gasteiger partial charge in [-0.3, -0.25) is 0 Å². The van der Waals surface area contributed by atoms with E-state index in [1.165, 1.54) is 0 Å². The van der Waals surface area contributed by atoms with Crippen molar-refractivity contribution in [1.82, 2.24) is 0 Å². The van der Waals surface area contributed by atoms with Gasteiger partial charge in [0.25, 0.3) is 0 Å². The molecule has 14 heavy (non-hydrogen) atoms. The van der Waals surface area contributed by atoms with Gasteiger partial charge in [0, 0.05) is 4.91 Å². The molecule has 0 unspecified atom stereocenters. The first kappa shape index (κ1) is 9.97. The Balaban J connectivity index is 2.88. The largest absolute Gasteiger partial charge is 0.507 e. The molecule has 0 radical (unpaired) electrons. The van der Waals surface area contributed by atoms with E-state index >= 15 is 0 Å². The molecule has 70 valence electrons. The van der Waals surface area contributed by atoms with Crippen LogP contribution in [0.5, 0.6) is 5.75 Å². The summed E-state index contributed by atoms with van der Waals surface area (Å²) in [5.41, 5.74) is 9.58. The number of azide groups is 1. The third-order valence-electron chi connectivity index (χ3n) is 1.59. The number of phenols is 1. The van der Waals surface area contributed by atoms with Crippen molar-refractivity contribution in [3.8, 4) is 17.6 Å². The third-order valence-corrected chi connectivity index (χ3v) is 1.59. The SMILES string of the molecule is Cc1ccc(O)c(C#CCN=[N+]=[N-])c1. The molecule has 4 heteroatoms. The van der Waals surface area contributed by atoms with Gasteiger partial charge in [0.1, 0.15) is 5.75 Å². The lowest BCUT2D eigenvalue weighted by Crippen LogP contribution is -1.79. The monoisotopic (exact) mass is 187 g/mol. The number of hydrogen-bond acceptors (Lipinski definition) is 2. The Kier molecular flexibility index (Phi) is 3.42. The predicted molar refractivity (Wildman–Crippen MR) is 53.7 cm³/mol. The quantitative estimate of drug-likeness (QED) is 0.312. The number of aromatic hydroxyl groups is 1. The summed E-state index contributed by atoms with van der Waals surface area (Å²) in [5, 5.41) is 12.6. The van der Waals surface area contributed by atoms with Crippen molar-refractivity contribution in [3.05, 3.63) is 39.8 Å². The van der Waals surface area contributed by atoms with E-state index in [0.717, 1.165) is 5.56 Å². The lowest BCUT2D eigenvalue weighted by Gasteiger charge is -1.97. The minimum atomic E-state index is 0.115. The Morgan fingerprint density at radius 1 is 1.57 bits per heavy atom. The van der Waals surface area contributed by atoms with E-state index in [-0.39, 0.29) is 12.3 Å². The van der Waals surface area contributed by atoms with Gasteiger partial charge in [-0.1, -0.05) is 23.0 Å². The lowest BCUT2D eigenvalue weighted by molar-refractivity contribution is 0.473. The molecule has 4 nitrogen and oxygen atoms in total. The smallest absolute Gasteiger partial charge is 0.131 e.